The first-order valence-corrected chi connectivity index (χ1v) is 11.8. The summed E-state index contributed by atoms with van der Waals surface area (Å²) in [4.78, 5) is 19.6. The molecule has 0 bridgehead atoms. The first-order valence-electron chi connectivity index (χ1n) is 11.8. The average molecular weight is 448 g/mol. The van der Waals surface area contributed by atoms with Gasteiger partial charge in [0, 0.05) is 42.0 Å². The largest absolute Gasteiger partial charge is 0.491 e. The molecule has 1 saturated heterocycles. The molecule has 1 amide bonds. The fourth-order valence-electron chi connectivity index (χ4n) is 3.96. The Balaban J connectivity index is 1.36. The summed E-state index contributed by atoms with van der Waals surface area (Å²) in [7, 11) is 2.14. The smallest absolute Gasteiger partial charge is 0.255 e. The van der Waals surface area contributed by atoms with Crippen LogP contribution in [0.25, 0.3) is 10.9 Å². The van der Waals surface area contributed by atoms with Crippen molar-refractivity contribution in [2.45, 2.75) is 51.8 Å². The third kappa shape index (κ3) is 6.09. The van der Waals surface area contributed by atoms with Gasteiger partial charge in [-0.15, -0.1) is 0 Å². The van der Waals surface area contributed by atoms with E-state index >= 15 is 0 Å². The minimum Gasteiger partial charge on any atom is -0.491 e. The monoisotopic (exact) mass is 447 g/mol. The molecule has 0 spiro atoms. The molecule has 2 heterocycles. The number of rotatable bonds is 9. The third-order valence-electron chi connectivity index (χ3n) is 6.35. The van der Waals surface area contributed by atoms with E-state index in [0.29, 0.717) is 18.2 Å². The molecule has 1 aliphatic rings. The van der Waals surface area contributed by atoms with Crippen LogP contribution in [0, 0.1) is 0 Å². The summed E-state index contributed by atoms with van der Waals surface area (Å²) in [5.74, 6) is 0.582. The van der Waals surface area contributed by atoms with Crippen LogP contribution in [-0.2, 0) is 11.3 Å². The van der Waals surface area contributed by atoms with Crippen molar-refractivity contribution < 1.29 is 14.3 Å². The minimum absolute atomic E-state index is 0.160. The number of hydrogen-bond acceptors (Lipinski definition) is 5. The van der Waals surface area contributed by atoms with Gasteiger partial charge in [-0.25, -0.2) is 0 Å². The minimum atomic E-state index is -0.160. The van der Waals surface area contributed by atoms with Crippen LogP contribution in [0.1, 0.15) is 49.0 Å². The molecule has 3 aromatic rings. The van der Waals surface area contributed by atoms with Gasteiger partial charge in [0.2, 0.25) is 0 Å². The number of hydrogen-bond donors (Lipinski definition) is 1. The highest BCUT2D eigenvalue weighted by Crippen LogP contribution is 2.21. The predicted molar refractivity (Wildman–Crippen MR) is 132 cm³/mol. The van der Waals surface area contributed by atoms with Crippen LogP contribution in [0.2, 0.25) is 0 Å². The van der Waals surface area contributed by atoms with Gasteiger partial charge in [0.05, 0.1) is 11.6 Å². The van der Waals surface area contributed by atoms with E-state index in [1.54, 1.807) is 12.1 Å². The van der Waals surface area contributed by atoms with Gasteiger partial charge in [-0.2, -0.15) is 0 Å². The van der Waals surface area contributed by atoms with Gasteiger partial charge < -0.3 is 14.8 Å². The van der Waals surface area contributed by atoms with E-state index < -0.39 is 0 Å². The first kappa shape index (κ1) is 23.2. The fraction of sp³-hybridized carbons (Fsp3) is 0.407. The summed E-state index contributed by atoms with van der Waals surface area (Å²) >= 11 is 0. The maximum atomic E-state index is 12.7. The van der Waals surface area contributed by atoms with Gasteiger partial charge in [0.1, 0.15) is 12.4 Å². The third-order valence-corrected chi connectivity index (χ3v) is 6.35. The molecular weight excluding hydrogens is 414 g/mol. The quantitative estimate of drug-likeness (QED) is 0.484. The maximum absolute atomic E-state index is 12.7. The molecule has 1 aliphatic heterocycles. The van der Waals surface area contributed by atoms with Crippen molar-refractivity contribution >= 4 is 22.5 Å². The molecule has 2 aromatic carbocycles. The molecule has 174 valence electrons. The van der Waals surface area contributed by atoms with E-state index in [1.807, 2.05) is 36.5 Å². The Hall–Kier alpha value is -2.96. The lowest BCUT2D eigenvalue weighted by Gasteiger charge is -2.23. The molecule has 0 radical (unpaired) electrons. The topological polar surface area (TPSA) is 63.7 Å². The zero-order valence-corrected chi connectivity index (χ0v) is 19.7. The summed E-state index contributed by atoms with van der Waals surface area (Å²) in [5.41, 5.74) is 3.35. The van der Waals surface area contributed by atoms with E-state index in [9.17, 15) is 4.79 Å². The summed E-state index contributed by atoms with van der Waals surface area (Å²) in [6.07, 6.45) is 5.34. The Kier molecular flexibility index (Phi) is 7.57. The van der Waals surface area contributed by atoms with E-state index in [0.717, 1.165) is 54.8 Å². The molecule has 4 rings (SSSR count). The highest BCUT2D eigenvalue weighted by Gasteiger charge is 2.16. The number of nitrogens with zero attached hydrogens (tertiary/aromatic N) is 2. The van der Waals surface area contributed by atoms with Gasteiger partial charge in [-0.1, -0.05) is 13.0 Å². The summed E-state index contributed by atoms with van der Waals surface area (Å²) < 4.78 is 11.4. The maximum Gasteiger partial charge on any atom is 0.255 e. The number of amides is 1. The molecule has 1 aromatic heterocycles. The molecule has 6 nitrogen and oxygen atoms in total. The van der Waals surface area contributed by atoms with E-state index in [1.165, 1.54) is 5.56 Å². The van der Waals surface area contributed by atoms with Crippen LogP contribution in [-0.4, -0.2) is 48.2 Å². The van der Waals surface area contributed by atoms with E-state index in [2.05, 4.69) is 42.2 Å². The van der Waals surface area contributed by atoms with Crippen LogP contribution in [0.15, 0.2) is 54.7 Å². The lowest BCUT2D eigenvalue weighted by atomic mass is 10.1. The molecule has 1 fully saturated rings. The van der Waals surface area contributed by atoms with Gasteiger partial charge in [-0.3, -0.25) is 14.7 Å². The second-order valence-corrected chi connectivity index (χ2v) is 8.85. The molecular formula is C27H33N3O3. The van der Waals surface area contributed by atoms with Crippen LogP contribution in [0.5, 0.6) is 5.75 Å². The Labute approximate surface area is 195 Å². The summed E-state index contributed by atoms with van der Waals surface area (Å²) in [6, 6.07) is 15.7. The number of carbonyl (C=O) groups is 1. The molecule has 6 heteroatoms. The molecule has 0 unspecified atom stereocenters. The standard InChI is InChI=1S/C27H33N3O3/c1-4-19(2)30(3)17-20-14-22-7-10-23(15-26(22)28-16-20)29-27(31)21-8-11-24(12-9-21)33-18-25-6-5-13-32-25/h7-12,14-16,19,25H,4-6,13,17-18H2,1-3H3,(H,29,31)/t19-,25-/m0/s1. The highest BCUT2D eigenvalue weighted by molar-refractivity contribution is 6.05. The second-order valence-electron chi connectivity index (χ2n) is 8.85. The van der Waals surface area contributed by atoms with Crippen molar-refractivity contribution in [3.05, 3.63) is 65.9 Å². The van der Waals surface area contributed by atoms with Gasteiger partial charge >= 0.3 is 0 Å². The lowest BCUT2D eigenvalue weighted by molar-refractivity contribution is 0.0679. The number of benzene rings is 2. The number of ether oxygens (including phenoxy) is 2. The number of anilines is 1. The summed E-state index contributed by atoms with van der Waals surface area (Å²) in [5, 5.41) is 4.03. The Bertz CT molecular complexity index is 1080. The van der Waals surface area contributed by atoms with Gasteiger partial charge in [0.15, 0.2) is 0 Å². The van der Waals surface area contributed by atoms with Gasteiger partial charge in [0.25, 0.3) is 5.91 Å². The van der Waals surface area contributed by atoms with Crippen LogP contribution in [0.4, 0.5) is 5.69 Å². The number of nitrogens with one attached hydrogen (secondary N) is 1. The molecule has 33 heavy (non-hydrogen) atoms. The van der Waals surface area contributed by atoms with Gasteiger partial charge in [-0.05, 0) is 81.3 Å². The van der Waals surface area contributed by atoms with Crippen molar-refractivity contribution in [1.82, 2.24) is 9.88 Å². The van der Waals surface area contributed by atoms with Crippen molar-refractivity contribution in [2.75, 3.05) is 25.6 Å². The zero-order chi connectivity index (χ0) is 23.2. The molecule has 0 saturated carbocycles. The molecule has 2 atom stereocenters. The first-order chi connectivity index (χ1) is 16.0. The Morgan fingerprint density at radius 3 is 2.79 bits per heavy atom. The van der Waals surface area contributed by atoms with Crippen LogP contribution >= 0.6 is 0 Å². The van der Waals surface area contributed by atoms with Crippen molar-refractivity contribution in [1.29, 1.82) is 0 Å². The number of carbonyl (C=O) groups excluding carboxylic acids is 1. The lowest BCUT2D eigenvalue weighted by Crippen LogP contribution is -2.27. The van der Waals surface area contributed by atoms with Crippen LogP contribution in [0.3, 0.4) is 0 Å². The fourth-order valence-corrected chi connectivity index (χ4v) is 3.96. The predicted octanol–water partition coefficient (Wildman–Crippen LogP) is 5.28. The second kappa shape index (κ2) is 10.8. The number of pyridine rings is 1. The zero-order valence-electron chi connectivity index (χ0n) is 19.7. The highest BCUT2D eigenvalue weighted by atomic mass is 16.5. The molecule has 0 aliphatic carbocycles. The SMILES string of the molecule is CC[C@H](C)N(C)Cc1cnc2cc(NC(=O)c3ccc(OC[C@@H]4CCCO4)cc3)ccc2c1. The number of aromatic nitrogens is 1. The number of fused-ring (bicyclic) bond motifs is 1. The van der Waals surface area contributed by atoms with E-state index in [-0.39, 0.29) is 12.0 Å². The normalized spacial score (nSPS) is 16.8. The van der Waals surface area contributed by atoms with E-state index in [4.69, 9.17) is 9.47 Å². The van der Waals surface area contributed by atoms with Crippen molar-refractivity contribution in [2.24, 2.45) is 0 Å². The summed E-state index contributed by atoms with van der Waals surface area (Å²) in [6.45, 7) is 6.66. The molecule has 1 N–H and O–H groups in total. The average Bonchev–Trinajstić information content (AvgIpc) is 3.36. The van der Waals surface area contributed by atoms with Crippen molar-refractivity contribution in [3.8, 4) is 5.75 Å². The van der Waals surface area contributed by atoms with Crippen molar-refractivity contribution in [3.63, 3.8) is 0 Å². The Morgan fingerprint density at radius 2 is 2.06 bits per heavy atom. The Morgan fingerprint density at radius 1 is 1.24 bits per heavy atom. The van der Waals surface area contributed by atoms with Crippen LogP contribution < -0.4 is 10.1 Å².